The van der Waals surface area contributed by atoms with Gasteiger partial charge in [-0.2, -0.15) is 5.26 Å². The first-order valence-corrected chi connectivity index (χ1v) is 7.69. The fourth-order valence-electron chi connectivity index (χ4n) is 2.35. The third kappa shape index (κ3) is 5.24. The topological polar surface area (TPSA) is 64.9 Å². The molecule has 0 heterocycles. The molecule has 0 saturated carbocycles. The van der Waals surface area contributed by atoms with Gasteiger partial charge < -0.3 is 5.32 Å². The molecule has 1 unspecified atom stereocenters. The minimum atomic E-state index is -0.103. The molecule has 4 heteroatoms. The summed E-state index contributed by atoms with van der Waals surface area (Å²) >= 11 is 0. The Labute approximate surface area is 137 Å². The van der Waals surface area contributed by atoms with Gasteiger partial charge in [-0.15, -0.1) is 0 Å². The van der Waals surface area contributed by atoms with Gasteiger partial charge >= 0.3 is 0 Å². The molecule has 4 nitrogen and oxygen atoms in total. The highest BCUT2D eigenvalue weighted by Crippen LogP contribution is 2.22. The van der Waals surface area contributed by atoms with Gasteiger partial charge in [0.1, 0.15) is 0 Å². The molecule has 2 N–H and O–H groups in total. The van der Waals surface area contributed by atoms with Crippen LogP contribution in [0.4, 0.5) is 0 Å². The Hall–Kier alpha value is -2.64. The van der Waals surface area contributed by atoms with E-state index < -0.39 is 0 Å². The lowest BCUT2D eigenvalue weighted by molar-refractivity contribution is -0.120. The number of nitriles is 1. The highest BCUT2D eigenvalue weighted by Gasteiger charge is 2.14. The van der Waals surface area contributed by atoms with Crippen LogP contribution in [-0.2, 0) is 4.79 Å². The van der Waals surface area contributed by atoms with E-state index in [0.717, 1.165) is 11.1 Å². The summed E-state index contributed by atoms with van der Waals surface area (Å²) in [5, 5.41) is 14.5. The summed E-state index contributed by atoms with van der Waals surface area (Å²) in [5.74, 6) is -0.103. The Morgan fingerprint density at radius 3 is 2.39 bits per heavy atom. The van der Waals surface area contributed by atoms with Gasteiger partial charge in [0.15, 0.2) is 0 Å². The van der Waals surface area contributed by atoms with Crippen molar-refractivity contribution in [2.45, 2.75) is 19.4 Å². The predicted molar refractivity (Wildman–Crippen MR) is 90.7 cm³/mol. The lowest BCUT2D eigenvalue weighted by atomic mass is 9.98. The molecule has 0 radical (unpaired) electrons. The molecule has 0 saturated heterocycles. The van der Waals surface area contributed by atoms with E-state index in [4.69, 9.17) is 5.26 Å². The fraction of sp³-hybridized carbons (Fsp3) is 0.263. The number of hydrogen-bond donors (Lipinski definition) is 2. The Morgan fingerprint density at radius 2 is 1.74 bits per heavy atom. The van der Waals surface area contributed by atoms with Gasteiger partial charge in [-0.1, -0.05) is 60.2 Å². The molecule has 0 spiro atoms. The van der Waals surface area contributed by atoms with Crippen LogP contribution in [0.25, 0.3) is 0 Å². The second-order valence-corrected chi connectivity index (χ2v) is 5.39. The van der Waals surface area contributed by atoms with Crippen LogP contribution in [-0.4, -0.2) is 19.0 Å². The van der Waals surface area contributed by atoms with E-state index in [2.05, 4.69) is 41.8 Å². The Kier molecular flexibility index (Phi) is 6.34. The van der Waals surface area contributed by atoms with E-state index in [1.54, 1.807) is 0 Å². The highest BCUT2D eigenvalue weighted by molar-refractivity contribution is 5.78. The molecule has 1 atom stereocenters. The second kappa shape index (κ2) is 8.72. The van der Waals surface area contributed by atoms with Crippen LogP contribution >= 0.6 is 0 Å². The lowest BCUT2D eigenvalue weighted by Gasteiger charge is -2.20. The summed E-state index contributed by atoms with van der Waals surface area (Å²) in [5.41, 5.74) is 3.43. The molecule has 0 aliphatic heterocycles. The minimum Gasteiger partial charge on any atom is -0.354 e. The third-order valence-electron chi connectivity index (χ3n) is 3.57. The second-order valence-electron chi connectivity index (χ2n) is 5.39. The van der Waals surface area contributed by atoms with Crippen molar-refractivity contribution in [1.82, 2.24) is 10.6 Å². The van der Waals surface area contributed by atoms with Gasteiger partial charge in [-0.25, -0.2) is 0 Å². The zero-order chi connectivity index (χ0) is 16.5. The van der Waals surface area contributed by atoms with Crippen molar-refractivity contribution in [2.24, 2.45) is 0 Å². The number of aryl methyl sites for hydroxylation is 1. The lowest BCUT2D eigenvalue weighted by Crippen LogP contribution is -2.36. The number of carbonyl (C=O) groups is 1. The monoisotopic (exact) mass is 307 g/mol. The minimum absolute atomic E-state index is 0.0430. The van der Waals surface area contributed by atoms with Crippen molar-refractivity contribution in [1.29, 1.82) is 5.26 Å². The third-order valence-corrected chi connectivity index (χ3v) is 3.57. The maximum Gasteiger partial charge on any atom is 0.234 e. The first-order chi connectivity index (χ1) is 11.2. The normalized spacial score (nSPS) is 11.5. The van der Waals surface area contributed by atoms with E-state index in [1.165, 1.54) is 5.56 Å². The number of amides is 1. The van der Waals surface area contributed by atoms with Crippen molar-refractivity contribution in [3.8, 4) is 6.07 Å². The zero-order valence-corrected chi connectivity index (χ0v) is 13.3. The van der Waals surface area contributed by atoms with Crippen molar-refractivity contribution in [3.63, 3.8) is 0 Å². The van der Waals surface area contributed by atoms with Crippen molar-refractivity contribution in [2.75, 3.05) is 13.1 Å². The molecule has 0 aliphatic rings. The molecule has 0 fully saturated rings. The number of rotatable bonds is 7. The highest BCUT2D eigenvalue weighted by atomic mass is 16.1. The maximum absolute atomic E-state index is 11.9. The molecule has 2 aromatic rings. The molecule has 0 aliphatic carbocycles. The van der Waals surface area contributed by atoms with Gasteiger partial charge in [0, 0.05) is 6.54 Å². The van der Waals surface area contributed by atoms with Gasteiger partial charge in [0.25, 0.3) is 0 Å². The Bertz CT molecular complexity index is 659. The smallest absolute Gasteiger partial charge is 0.234 e. The van der Waals surface area contributed by atoms with E-state index in [0.29, 0.717) is 13.0 Å². The standard InChI is InChI=1S/C19H21N3O/c1-15-8-10-17(11-9-15)19(16-6-3-2-4-7-16)22-14-18(23)21-13-5-12-20/h2-4,6-11,19,22H,5,13-14H2,1H3,(H,21,23). The average molecular weight is 307 g/mol. The largest absolute Gasteiger partial charge is 0.354 e. The molecule has 2 aromatic carbocycles. The fourth-order valence-corrected chi connectivity index (χ4v) is 2.35. The summed E-state index contributed by atoms with van der Waals surface area (Å²) in [6, 6.07) is 20.3. The molecule has 118 valence electrons. The number of hydrogen-bond acceptors (Lipinski definition) is 3. The summed E-state index contributed by atoms with van der Waals surface area (Å²) in [4.78, 5) is 11.9. The maximum atomic E-state index is 11.9. The van der Waals surface area contributed by atoms with E-state index in [-0.39, 0.29) is 18.5 Å². The zero-order valence-electron chi connectivity index (χ0n) is 13.3. The predicted octanol–water partition coefficient (Wildman–Crippen LogP) is 2.70. The Morgan fingerprint density at radius 1 is 1.09 bits per heavy atom. The number of carbonyl (C=O) groups excluding carboxylic acids is 1. The van der Waals surface area contributed by atoms with Gasteiger partial charge in [-0.05, 0) is 18.1 Å². The number of nitrogens with one attached hydrogen (secondary N) is 2. The average Bonchev–Trinajstić information content (AvgIpc) is 2.58. The quantitative estimate of drug-likeness (QED) is 0.773. The van der Waals surface area contributed by atoms with Crippen LogP contribution in [0.3, 0.4) is 0 Å². The first-order valence-electron chi connectivity index (χ1n) is 7.69. The molecular weight excluding hydrogens is 286 g/mol. The first kappa shape index (κ1) is 16.7. The van der Waals surface area contributed by atoms with E-state index in [1.807, 2.05) is 36.4 Å². The molecule has 0 aromatic heterocycles. The molecular formula is C19H21N3O. The van der Waals surface area contributed by atoms with Crippen LogP contribution in [0.1, 0.15) is 29.2 Å². The van der Waals surface area contributed by atoms with Crippen LogP contribution in [0.15, 0.2) is 54.6 Å². The van der Waals surface area contributed by atoms with Gasteiger partial charge in [-0.3, -0.25) is 10.1 Å². The summed E-state index contributed by atoms with van der Waals surface area (Å²) < 4.78 is 0. The summed E-state index contributed by atoms with van der Waals surface area (Å²) in [6.45, 7) is 2.65. The van der Waals surface area contributed by atoms with Crippen LogP contribution in [0, 0.1) is 18.3 Å². The van der Waals surface area contributed by atoms with Crippen LogP contribution in [0.2, 0.25) is 0 Å². The number of nitrogens with zero attached hydrogens (tertiary/aromatic N) is 1. The van der Waals surface area contributed by atoms with Crippen molar-refractivity contribution >= 4 is 5.91 Å². The summed E-state index contributed by atoms with van der Waals surface area (Å²) in [6.07, 6.45) is 0.325. The molecule has 23 heavy (non-hydrogen) atoms. The molecule has 1 amide bonds. The SMILES string of the molecule is Cc1ccc(C(NCC(=O)NCCC#N)c2ccccc2)cc1. The van der Waals surface area contributed by atoms with E-state index in [9.17, 15) is 4.79 Å². The van der Waals surface area contributed by atoms with Crippen LogP contribution < -0.4 is 10.6 Å². The van der Waals surface area contributed by atoms with Crippen molar-refractivity contribution in [3.05, 3.63) is 71.3 Å². The summed E-state index contributed by atoms with van der Waals surface area (Å²) in [7, 11) is 0. The van der Waals surface area contributed by atoms with Gasteiger partial charge in [0.05, 0.1) is 25.1 Å². The molecule has 2 rings (SSSR count). The van der Waals surface area contributed by atoms with Crippen LogP contribution in [0.5, 0.6) is 0 Å². The molecule has 0 bridgehead atoms. The van der Waals surface area contributed by atoms with Crippen molar-refractivity contribution < 1.29 is 4.79 Å². The number of benzene rings is 2. The Balaban J connectivity index is 2.07. The van der Waals surface area contributed by atoms with E-state index >= 15 is 0 Å². The van der Waals surface area contributed by atoms with Gasteiger partial charge in [0.2, 0.25) is 5.91 Å².